The van der Waals surface area contributed by atoms with E-state index in [2.05, 4.69) is 89.2 Å². The van der Waals surface area contributed by atoms with Crippen molar-refractivity contribution in [1.29, 1.82) is 0 Å². The number of aromatic nitrogens is 4. The number of fused-ring (bicyclic) bond motifs is 1. The van der Waals surface area contributed by atoms with Crippen molar-refractivity contribution in [3.05, 3.63) is 89.6 Å². The molecule has 0 amide bonds. The van der Waals surface area contributed by atoms with Crippen LogP contribution in [0.2, 0.25) is 0 Å². The van der Waals surface area contributed by atoms with Crippen LogP contribution in [-0.2, 0) is 29.0 Å². The number of sulfonamides is 1. The van der Waals surface area contributed by atoms with E-state index >= 15 is 0 Å². The molecule has 11 heteroatoms. The molecule has 0 radical (unpaired) electrons. The van der Waals surface area contributed by atoms with E-state index in [1.165, 1.54) is 11.6 Å². The Kier molecular flexibility index (Phi) is 7.41. The largest absolute Gasteiger partial charge is 0.366 e. The summed E-state index contributed by atoms with van der Waals surface area (Å²) in [7, 11) is -1.84. The number of nitrogens with two attached hydrogens (primary N) is 1. The Hall–Kier alpha value is -4.48. The third-order valence-electron chi connectivity index (χ3n) is 6.83. The van der Waals surface area contributed by atoms with Crippen LogP contribution >= 0.6 is 0 Å². The maximum Gasteiger partial charge on any atom is 0.238 e. The Morgan fingerprint density at radius 2 is 1.63 bits per heavy atom. The molecule has 10 nitrogen and oxygen atoms in total. The van der Waals surface area contributed by atoms with Gasteiger partial charge in [-0.15, -0.1) is 0 Å². The van der Waals surface area contributed by atoms with E-state index in [4.69, 9.17) is 10.1 Å². The average Bonchev–Trinajstić information content (AvgIpc) is 3.22. The fraction of sp³-hybridized carbons (Fsp3) is 0.233. The van der Waals surface area contributed by atoms with Gasteiger partial charge in [-0.3, -0.25) is 0 Å². The Balaban J connectivity index is 1.27. The minimum absolute atomic E-state index is 0.0542. The van der Waals surface area contributed by atoms with Gasteiger partial charge in [0.2, 0.25) is 21.9 Å². The first-order chi connectivity index (χ1) is 19.4. The van der Waals surface area contributed by atoms with Crippen molar-refractivity contribution in [2.24, 2.45) is 12.2 Å². The van der Waals surface area contributed by atoms with Crippen molar-refractivity contribution in [3.63, 3.8) is 0 Å². The second-order valence-electron chi connectivity index (χ2n) is 11.0. The van der Waals surface area contributed by atoms with Crippen molar-refractivity contribution in [2.45, 2.75) is 44.6 Å². The van der Waals surface area contributed by atoms with E-state index < -0.39 is 10.0 Å². The molecular weight excluding hydrogens is 536 g/mol. The van der Waals surface area contributed by atoms with E-state index in [-0.39, 0.29) is 10.3 Å². The van der Waals surface area contributed by atoms with Gasteiger partial charge in [0.15, 0.2) is 0 Å². The monoisotopic (exact) mass is 570 g/mol. The lowest BCUT2D eigenvalue weighted by atomic mass is 9.87. The molecule has 2 aromatic heterocycles. The number of imidazole rings is 1. The van der Waals surface area contributed by atoms with Crippen LogP contribution in [0.1, 0.15) is 37.5 Å². The highest BCUT2D eigenvalue weighted by Crippen LogP contribution is 2.27. The SMILES string of the molecule is Cc1ccc(Nc2nccc(NCc3ccc4c(c3)nc(Nc3ccc(C(C)(C)C)cc3)n4C)n2)cc1S(N)(=O)=O. The maximum atomic E-state index is 11.9. The molecule has 2 heterocycles. The van der Waals surface area contributed by atoms with Gasteiger partial charge in [0, 0.05) is 31.2 Å². The Labute approximate surface area is 240 Å². The van der Waals surface area contributed by atoms with Crippen molar-refractivity contribution in [3.8, 4) is 0 Å². The number of nitrogens with zero attached hydrogens (tertiary/aromatic N) is 4. The van der Waals surface area contributed by atoms with Gasteiger partial charge in [0.1, 0.15) is 5.82 Å². The van der Waals surface area contributed by atoms with Crippen LogP contribution in [0, 0.1) is 6.92 Å². The molecule has 0 saturated carbocycles. The number of benzene rings is 3. The van der Waals surface area contributed by atoms with E-state index in [0.717, 1.165) is 28.2 Å². The molecule has 3 aromatic carbocycles. The highest BCUT2D eigenvalue weighted by atomic mass is 32.2. The number of hydrogen-bond acceptors (Lipinski definition) is 8. The molecule has 0 aliphatic heterocycles. The van der Waals surface area contributed by atoms with Gasteiger partial charge < -0.3 is 20.5 Å². The van der Waals surface area contributed by atoms with Gasteiger partial charge in [0.25, 0.3) is 0 Å². The number of hydrogen-bond donors (Lipinski definition) is 4. The molecule has 0 bridgehead atoms. The number of nitrogens with one attached hydrogen (secondary N) is 3. The summed E-state index contributed by atoms with van der Waals surface area (Å²) in [6, 6.07) is 21.3. The summed E-state index contributed by atoms with van der Waals surface area (Å²) < 4.78 is 25.8. The summed E-state index contributed by atoms with van der Waals surface area (Å²) in [5.41, 5.74) is 6.40. The molecule has 5 rings (SSSR count). The summed E-state index contributed by atoms with van der Waals surface area (Å²) >= 11 is 0. The standard InChI is InChI=1S/C30H34N8O2S/c1-19-6-10-23(17-26(19)41(31,39)40)34-28-32-15-14-27(37-28)33-18-20-7-13-25-24(16-20)36-29(38(25)5)35-22-11-8-21(9-12-22)30(2,3)4/h6-17H,18H2,1-5H3,(H,35,36)(H2,31,39,40)(H2,32,33,34,37). The summed E-state index contributed by atoms with van der Waals surface area (Å²) in [6.45, 7) is 8.82. The fourth-order valence-corrected chi connectivity index (χ4v) is 5.28. The topological polar surface area (TPSA) is 140 Å². The van der Waals surface area contributed by atoms with E-state index in [1.54, 1.807) is 31.3 Å². The summed E-state index contributed by atoms with van der Waals surface area (Å²) in [4.78, 5) is 13.6. The van der Waals surface area contributed by atoms with E-state index in [9.17, 15) is 8.42 Å². The van der Waals surface area contributed by atoms with Crippen LogP contribution in [0.3, 0.4) is 0 Å². The molecule has 0 unspecified atom stereocenters. The number of primary sulfonamides is 1. The molecule has 0 spiro atoms. The van der Waals surface area contributed by atoms with Gasteiger partial charge in [-0.1, -0.05) is 45.0 Å². The zero-order chi connectivity index (χ0) is 29.4. The minimum atomic E-state index is -3.84. The highest BCUT2D eigenvalue weighted by Gasteiger charge is 2.15. The van der Waals surface area contributed by atoms with Crippen LogP contribution < -0.4 is 21.1 Å². The molecule has 212 valence electrons. The summed E-state index contributed by atoms with van der Waals surface area (Å²) in [6.07, 6.45) is 1.63. The van der Waals surface area contributed by atoms with Crippen molar-refractivity contribution in [1.82, 2.24) is 19.5 Å². The van der Waals surface area contributed by atoms with Crippen LogP contribution in [-0.4, -0.2) is 27.9 Å². The first-order valence-electron chi connectivity index (χ1n) is 13.2. The average molecular weight is 571 g/mol. The zero-order valence-corrected chi connectivity index (χ0v) is 24.5. The first-order valence-corrected chi connectivity index (χ1v) is 14.7. The number of rotatable bonds is 8. The third kappa shape index (κ3) is 6.47. The minimum Gasteiger partial charge on any atom is -0.366 e. The van der Waals surface area contributed by atoms with Crippen LogP contribution in [0.25, 0.3) is 11.0 Å². The second kappa shape index (κ2) is 10.8. The van der Waals surface area contributed by atoms with E-state index in [1.807, 2.05) is 11.6 Å². The molecule has 0 aliphatic carbocycles. The summed E-state index contributed by atoms with van der Waals surface area (Å²) in [5.74, 6) is 1.70. The van der Waals surface area contributed by atoms with Gasteiger partial charge in [-0.05, 0) is 71.5 Å². The van der Waals surface area contributed by atoms with Crippen molar-refractivity contribution in [2.75, 3.05) is 16.0 Å². The van der Waals surface area contributed by atoms with Crippen molar-refractivity contribution < 1.29 is 8.42 Å². The van der Waals surface area contributed by atoms with Crippen LogP contribution in [0.4, 0.5) is 29.1 Å². The molecule has 0 saturated heterocycles. The molecule has 5 aromatic rings. The molecule has 41 heavy (non-hydrogen) atoms. The second-order valence-corrected chi connectivity index (χ2v) is 12.6. The van der Waals surface area contributed by atoms with Gasteiger partial charge in [0.05, 0.1) is 15.9 Å². The van der Waals surface area contributed by atoms with Crippen LogP contribution in [0.5, 0.6) is 0 Å². The Bertz CT molecular complexity index is 1820. The normalized spacial score (nSPS) is 12.0. The predicted molar refractivity (Wildman–Crippen MR) is 164 cm³/mol. The number of aryl methyl sites for hydroxylation is 2. The lowest BCUT2D eigenvalue weighted by Gasteiger charge is -2.19. The first kappa shape index (κ1) is 28.1. The molecule has 0 aliphatic rings. The number of anilines is 5. The third-order valence-corrected chi connectivity index (χ3v) is 7.89. The fourth-order valence-electron chi connectivity index (χ4n) is 4.47. The molecule has 0 fully saturated rings. The van der Waals surface area contributed by atoms with Gasteiger partial charge in [-0.2, -0.15) is 4.98 Å². The Morgan fingerprint density at radius 1 is 0.902 bits per heavy atom. The highest BCUT2D eigenvalue weighted by molar-refractivity contribution is 7.89. The molecule has 5 N–H and O–H groups in total. The zero-order valence-electron chi connectivity index (χ0n) is 23.7. The predicted octanol–water partition coefficient (Wildman–Crippen LogP) is 5.72. The van der Waals surface area contributed by atoms with Crippen molar-refractivity contribution >= 4 is 50.1 Å². The lowest BCUT2D eigenvalue weighted by Crippen LogP contribution is -2.14. The molecule has 0 atom stereocenters. The quantitative estimate of drug-likeness (QED) is 0.186. The molecular formula is C30H34N8O2S. The van der Waals surface area contributed by atoms with Crippen LogP contribution in [0.15, 0.2) is 77.8 Å². The van der Waals surface area contributed by atoms with Gasteiger partial charge >= 0.3 is 0 Å². The summed E-state index contributed by atoms with van der Waals surface area (Å²) in [5, 5.41) is 15.1. The lowest BCUT2D eigenvalue weighted by molar-refractivity contribution is 0.590. The smallest absolute Gasteiger partial charge is 0.238 e. The Morgan fingerprint density at radius 3 is 2.34 bits per heavy atom. The maximum absolute atomic E-state index is 11.9. The van der Waals surface area contributed by atoms with Gasteiger partial charge in [-0.25, -0.2) is 23.5 Å². The van der Waals surface area contributed by atoms with E-state index in [0.29, 0.717) is 29.6 Å².